The summed E-state index contributed by atoms with van der Waals surface area (Å²) in [4.78, 5) is 11.6. The quantitative estimate of drug-likeness (QED) is 0.822. The van der Waals surface area contributed by atoms with Crippen molar-refractivity contribution in [3.8, 4) is 0 Å². The zero-order chi connectivity index (χ0) is 15.3. The normalized spacial score (nSPS) is 12.8. The van der Waals surface area contributed by atoms with Gasteiger partial charge < -0.3 is 10.6 Å². The second-order valence-electron chi connectivity index (χ2n) is 5.87. The summed E-state index contributed by atoms with van der Waals surface area (Å²) >= 11 is 0. The van der Waals surface area contributed by atoms with Gasteiger partial charge in [0.1, 0.15) is 17.5 Å². The molecular formula is C16H30N4. The molecule has 0 spiro atoms. The van der Waals surface area contributed by atoms with Crippen molar-refractivity contribution in [1.29, 1.82) is 0 Å². The molecule has 0 aromatic carbocycles. The molecule has 1 aromatic heterocycles. The van der Waals surface area contributed by atoms with Crippen molar-refractivity contribution in [3.05, 3.63) is 11.4 Å². The Labute approximate surface area is 123 Å². The molecule has 1 heterocycles. The van der Waals surface area contributed by atoms with Crippen LogP contribution in [0.3, 0.4) is 0 Å². The first-order valence-electron chi connectivity index (χ1n) is 7.82. The van der Waals surface area contributed by atoms with Crippen molar-refractivity contribution < 1.29 is 0 Å². The van der Waals surface area contributed by atoms with Crippen LogP contribution in [0.25, 0.3) is 0 Å². The van der Waals surface area contributed by atoms with Gasteiger partial charge in [0.05, 0.1) is 0 Å². The lowest BCUT2D eigenvalue weighted by Crippen LogP contribution is -2.35. The molecule has 0 amide bonds. The van der Waals surface area contributed by atoms with Gasteiger partial charge in [-0.3, -0.25) is 0 Å². The molecule has 0 aliphatic rings. The number of anilines is 2. The maximum atomic E-state index is 6.09. The molecule has 0 radical (unpaired) electrons. The number of nitrogen functional groups attached to an aromatic ring is 1. The Kier molecular flexibility index (Phi) is 6.24. The number of hydrogen-bond donors (Lipinski definition) is 1. The van der Waals surface area contributed by atoms with Crippen LogP contribution in [-0.4, -0.2) is 22.6 Å². The van der Waals surface area contributed by atoms with Crippen LogP contribution in [0.15, 0.2) is 0 Å². The van der Waals surface area contributed by atoms with Gasteiger partial charge in [0, 0.05) is 24.1 Å². The molecule has 0 aliphatic heterocycles. The van der Waals surface area contributed by atoms with E-state index in [1.165, 1.54) is 12.8 Å². The molecule has 0 fully saturated rings. The predicted molar refractivity (Wildman–Crippen MR) is 87.3 cm³/mol. The fourth-order valence-electron chi connectivity index (χ4n) is 2.16. The summed E-state index contributed by atoms with van der Waals surface area (Å²) < 4.78 is 0. The molecule has 1 rings (SSSR count). The summed E-state index contributed by atoms with van der Waals surface area (Å²) in [5.41, 5.74) is 7.09. The monoisotopic (exact) mass is 278 g/mol. The van der Waals surface area contributed by atoms with Crippen molar-refractivity contribution in [1.82, 2.24) is 9.97 Å². The van der Waals surface area contributed by atoms with E-state index in [0.717, 1.165) is 30.2 Å². The van der Waals surface area contributed by atoms with Crippen molar-refractivity contribution >= 4 is 11.6 Å². The van der Waals surface area contributed by atoms with Gasteiger partial charge >= 0.3 is 0 Å². The van der Waals surface area contributed by atoms with E-state index in [4.69, 9.17) is 10.7 Å². The molecule has 1 atom stereocenters. The topological polar surface area (TPSA) is 55.0 Å². The van der Waals surface area contributed by atoms with Crippen LogP contribution < -0.4 is 10.6 Å². The van der Waals surface area contributed by atoms with Crippen molar-refractivity contribution in [2.45, 2.75) is 72.8 Å². The van der Waals surface area contributed by atoms with Gasteiger partial charge in [0.15, 0.2) is 0 Å². The molecule has 4 nitrogen and oxygen atoms in total. The Bertz CT molecular complexity index is 429. The highest BCUT2D eigenvalue weighted by molar-refractivity contribution is 5.57. The first-order chi connectivity index (χ1) is 9.42. The molecule has 1 aromatic rings. The van der Waals surface area contributed by atoms with Gasteiger partial charge in [0.25, 0.3) is 0 Å². The molecule has 0 saturated carbocycles. The van der Waals surface area contributed by atoms with Crippen LogP contribution in [0.2, 0.25) is 0 Å². The van der Waals surface area contributed by atoms with Crippen LogP contribution in [-0.2, 0) is 0 Å². The molecule has 0 aliphatic carbocycles. The lowest BCUT2D eigenvalue weighted by atomic mass is 10.1. The van der Waals surface area contributed by atoms with Crippen LogP contribution in [0.5, 0.6) is 0 Å². The molecule has 4 heteroatoms. The third-order valence-corrected chi connectivity index (χ3v) is 3.84. The first kappa shape index (κ1) is 16.7. The molecule has 1 unspecified atom stereocenters. The Balaban J connectivity index is 3.23. The van der Waals surface area contributed by atoms with Gasteiger partial charge in [-0.05, 0) is 26.7 Å². The van der Waals surface area contributed by atoms with Gasteiger partial charge in [-0.25, -0.2) is 9.97 Å². The van der Waals surface area contributed by atoms with E-state index in [2.05, 4.69) is 44.5 Å². The Hall–Kier alpha value is -1.32. The number of nitrogens with two attached hydrogens (primary N) is 1. The van der Waals surface area contributed by atoms with Crippen molar-refractivity contribution in [3.63, 3.8) is 0 Å². The minimum absolute atomic E-state index is 0.293. The highest BCUT2D eigenvalue weighted by atomic mass is 15.2. The highest BCUT2D eigenvalue weighted by Crippen LogP contribution is 2.26. The molecule has 20 heavy (non-hydrogen) atoms. The van der Waals surface area contributed by atoms with Crippen LogP contribution in [0.1, 0.15) is 71.2 Å². The summed E-state index contributed by atoms with van der Waals surface area (Å²) in [5.74, 6) is 2.77. The third-order valence-electron chi connectivity index (χ3n) is 3.84. The predicted octanol–water partition coefficient (Wildman–Crippen LogP) is 3.90. The van der Waals surface area contributed by atoms with Gasteiger partial charge in [-0.1, -0.05) is 34.1 Å². The average molecular weight is 278 g/mol. The number of unbranched alkanes of at least 4 members (excludes halogenated alkanes) is 1. The van der Waals surface area contributed by atoms with Crippen LogP contribution in [0.4, 0.5) is 11.6 Å². The first-order valence-corrected chi connectivity index (χ1v) is 7.82. The Morgan fingerprint density at radius 3 is 2.30 bits per heavy atom. The molecule has 2 N–H and O–H groups in total. The van der Waals surface area contributed by atoms with Gasteiger partial charge in [-0.2, -0.15) is 0 Å². The van der Waals surface area contributed by atoms with Gasteiger partial charge in [0.2, 0.25) is 0 Å². The van der Waals surface area contributed by atoms with Gasteiger partial charge in [-0.15, -0.1) is 0 Å². The number of nitrogens with zero attached hydrogens (tertiary/aromatic N) is 3. The summed E-state index contributed by atoms with van der Waals surface area (Å²) in [6, 6.07) is 0.467. The van der Waals surface area contributed by atoms with Crippen molar-refractivity contribution in [2.24, 2.45) is 0 Å². The molecule has 0 bridgehead atoms. The molecule has 114 valence electrons. The minimum Gasteiger partial charge on any atom is -0.383 e. The van der Waals surface area contributed by atoms with E-state index in [0.29, 0.717) is 17.8 Å². The molecular weight excluding hydrogens is 248 g/mol. The SMILES string of the molecule is CCCCN(c1nc(C(C)C)nc(N)c1C)C(C)CC. The fraction of sp³-hybridized carbons (Fsp3) is 0.750. The minimum atomic E-state index is 0.293. The molecule has 0 saturated heterocycles. The second kappa shape index (κ2) is 7.46. The smallest absolute Gasteiger partial charge is 0.137 e. The van der Waals surface area contributed by atoms with E-state index in [1.54, 1.807) is 0 Å². The van der Waals surface area contributed by atoms with E-state index < -0.39 is 0 Å². The number of hydrogen-bond acceptors (Lipinski definition) is 4. The summed E-state index contributed by atoms with van der Waals surface area (Å²) in [6.07, 6.45) is 3.46. The van der Waals surface area contributed by atoms with E-state index in [9.17, 15) is 0 Å². The van der Waals surface area contributed by atoms with E-state index >= 15 is 0 Å². The summed E-state index contributed by atoms with van der Waals surface area (Å²) in [7, 11) is 0. The average Bonchev–Trinajstić information content (AvgIpc) is 2.42. The maximum Gasteiger partial charge on any atom is 0.137 e. The summed E-state index contributed by atoms with van der Waals surface area (Å²) in [5, 5.41) is 0. The summed E-state index contributed by atoms with van der Waals surface area (Å²) in [6.45, 7) is 13.9. The van der Waals surface area contributed by atoms with Crippen LogP contribution in [0, 0.1) is 6.92 Å². The second-order valence-corrected chi connectivity index (χ2v) is 5.87. The van der Waals surface area contributed by atoms with Crippen molar-refractivity contribution in [2.75, 3.05) is 17.2 Å². The lowest BCUT2D eigenvalue weighted by Gasteiger charge is -2.31. The Morgan fingerprint density at radius 1 is 1.15 bits per heavy atom. The standard InChI is InChI=1S/C16H30N4/c1-7-9-10-20(12(5)8-2)16-13(6)14(17)18-15(19-16)11(3)4/h11-12H,7-10H2,1-6H3,(H2,17,18,19). The Morgan fingerprint density at radius 2 is 1.80 bits per heavy atom. The maximum absolute atomic E-state index is 6.09. The van der Waals surface area contributed by atoms with Crippen LogP contribution >= 0.6 is 0 Å². The third kappa shape index (κ3) is 3.84. The zero-order valence-corrected chi connectivity index (χ0v) is 13.9. The van der Waals surface area contributed by atoms with E-state index in [1.807, 2.05) is 6.92 Å². The number of rotatable bonds is 7. The van der Waals surface area contributed by atoms with E-state index in [-0.39, 0.29) is 0 Å². The fourth-order valence-corrected chi connectivity index (χ4v) is 2.16. The number of aromatic nitrogens is 2. The highest BCUT2D eigenvalue weighted by Gasteiger charge is 2.19. The largest absolute Gasteiger partial charge is 0.383 e. The zero-order valence-electron chi connectivity index (χ0n) is 13.9. The lowest BCUT2D eigenvalue weighted by molar-refractivity contribution is 0.584.